The van der Waals surface area contributed by atoms with Crippen LogP contribution in [0.4, 0.5) is 0 Å². The predicted octanol–water partition coefficient (Wildman–Crippen LogP) is 4.02. The standard InChI is InChI=1S/C19H20O2/c20-17-10-6-7-15(13-17)14-18(21)19(11-4-5-12-19)16-8-2-1-3-9-16/h1-3,6-10,13,20H,4-5,11-12,14H2. The van der Waals surface area contributed by atoms with Crippen LogP contribution in [0.2, 0.25) is 0 Å². The molecule has 1 aliphatic carbocycles. The Kier molecular flexibility index (Phi) is 3.78. The summed E-state index contributed by atoms with van der Waals surface area (Å²) in [5, 5.41) is 9.56. The average molecular weight is 280 g/mol. The van der Waals surface area contributed by atoms with Gasteiger partial charge >= 0.3 is 0 Å². The minimum atomic E-state index is -0.327. The van der Waals surface area contributed by atoms with Crippen LogP contribution in [0.1, 0.15) is 36.8 Å². The number of phenols is 1. The van der Waals surface area contributed by atoms with E-state index < -0.39 is 0 Å². The van der Waals surface area contributed by atoms with Gasteiger partial charge in [0.2, 0.25) is 0 Å². The molecule has 1 fully saturated rings. The van der Waals surface area contributed by atoms with Crippen LogP contribution in [0.3, 0.4) is 0 Å². The fraction of sp³-hybridized carbons (Fsp3) is 0.316. The van der Waals surface area contributed by atoms with Crippen LogP contribution >= 0.6 is 0 Å². The molecule has 2 aromatic carbocycles. The van der Waals surface area contributed by atoms with Crippen LogP contribution < -0.4 is 0 Å². The van der Waals surface area contributed by atoms with Gasteiger partial charge in [-0.2, -0.15) is 0 Å². The summed E-state index contributed by atoms with van der Waals surface area (Å²) in [6.45, 7) is 0. The summed E-state index contributed by atoms with van der Waals surface area (Å²) in [6, 6.07) is 17.2. The highest BCUT2D eigenvalue weighted by atomic mass is 16.3. The van der Waals surface area contributed by atoms with E-state index in [4.69, 9.17) is 0 Å². The molecule has 21 heavy (non-hydrogen) atoms. The van der Waals surface area contributed by atoms with Crippen LogP contribution in [0, 0.1) is 0 Å². The molecule has 0 aromatic heterocycles. The number of ketones is 1. The number of phenolic OH excluding ortho intramolecular Hbond substituents is 1. The van der Waals surface area contributed by atoms with Crippen LogP contribution in [0.5, 0.6) is 5.75 Å². The fourth-order valence-corrected chi connectivity index (χ4v) is 3.49. The lowest BCUT2D eigenvalue weighted by Gasteiger charge is -2.28. The minimum absolute atomic E-state index is 0.223. The highest BCUT2D eigenvalue weighted by Crippen LogP contribution is 2.42. The summed E-state index contributed by atoms with van der Waals surface area (Å²) < 4.78 is 0. The molecule has 2 aromatic rings. The summed E-state index contributed by atoms with van der Waals surface area (Å²) in [7, 11) is 0. The van der Waals surface area contributed by atoms with Gasteiger partial charge in [0.15, 0.2) is 0 Å². The van der Waals surface area contributed by atoms with Crippen LogP contribution in [0.15, 0.2) is 54.6 Å². The molecule has 0 unspecified atom stereocenters. The smallest absolute Gasteiger partial charge is 0.147 e. The highest BCUT2D eigenvalue weighted by Gasteiger charge is 2.41. The molecule has 0 atom stereocenters. The van der Waals surface area contributed by atoms with E-state index in [1.54, 1.807) is 18.2 Å². The number of hydrogen-bond acceptors (Lipinski definition) is 2. The van der Waals surface area contributed by atoms with Gasteiger partial charge in [-0.25, -0.2) is 0 Å². The van der Waals surface area contributed by atoms with Crippen molar-refractivity contribution in [1.29, 1.82) is 0 Å². The number of rotatable bonds is 4. The first-order chi connectivity index (χ1) is 10.2. The molecule has 1 aliphatic rings. The second-order valence-corrected chi connectivity index (χ2v) is 5.93. The number of carbonyl (C=O) groups excluding carboxylic acids is 1. The third-order valence-electron chi connectivity index (χ3n) is 4.59. The Balaban J connectivity index is 1.89. The monoisotopic (exact) mass is 280 g/mol. The lowest BCUT2D eigenvalue weighted by atomic mass is 9.73. The first kappa shape index (κ1) is 13.9. The van der Waals surface area contributed by atoms with Crippen molar-refractivity contribution in [2.24, 2.45) is 0 Å². The summed E-state index contributed by atoms with van der Waals surface area (Å²) in [5.74, 6) is 0.497. The molecule has 0 aliphatic heterocycles. The number of aromatic hydroxyl groups is 1. The van der Waals surface area contributed by atoms with E-state index in [9.17, 15) is 9.90 Å². The molecule has 2 heteroatoms. The number of hydrogen-bond donors (Lipinski definition) is 1. The number of Topliss-reactive ketones (excluding diaryl/α,β-unsaturated/α-hetero) is 1. The highest BCUT2D eigenvalue weighted by molar-refractivity contribution is 5.92. The second kappa shape index (κ2) is 5.72. The summed E-state index contributed by atoms with van der Waals surface area (Å²) in [4.78, 5) is 13.0. The van der Waals surface area contributed by atoms with Crippen molar-refractivity contribution in [2.75, 3.05) is 0 Å². The van der Waals surface area contributed by atoms with Gasteiger partial charge in [-0.1, -0.05) is 55.3 Å². The third kappa shape index (κ3) is 2.71. The van der Waals surface area contributed by atoms with E-state index in [-0.39, 0.29) is 16.9 Å². The molecular weight excluding hydrogens is 260 g/mol. The van der Waals surface area contributed by atoms with E-state index in [2.05, 4.69) is 12.1 Å². The summed E-state index contributed by atoms with van der Waals surface area (Å²) >= 11 is 0. The first-order valence-electron chi connectivity index (χ1n) is 7.57. The molecule has 0 spiro atoms. The topological polar surface area (TPSA) is 37.3 Å². The van der Waals surface area contributed by atoms with E-state index in [0.29, 0.717) is 6.42 Å². The van der Waals surface area contributed by atoms with Gasteiger partial charge in [0, 0.05) is 6.42 Å². The maximum absolute atomic E-state index is 13.0. The van der Waals surface area contributed by atoms with Crippen LogP contribution in [-0.4, -0.2) is 10.9 Å². The van der Waals surface area contributed by atoms with Gasteiger partial charge < -0.3 is 5.11 Å². The van der Waals surface area contributed by atoms with E-state index in [1.165, 1.54) is 0 Å². The van der Waals surface area contributed by atoms with Gasteiger partial charge in [-0.05, 0) is 36.1 Å². The molecule has 3 rings (SSSR count). The van der Waals surface area contributed by atoms with Crippen LogP contribution in [-0.2, 0) is 16.6 Å². The van der Waals surface area contributed by atoms with Crippen LogP contribution in [0.25, 0.3) is 0 Å². The maximum atomic E-state index is 13.0. The van der Waals surface area contributed by atoms with E-state index >= 15 is 0 Å². The predicted molar refractivity (Wildman–Crippen MR) is 83.4 cm³/mol. The maximum Gasteiger partial charge on any atom is 0.147 e. The Labute approximate surface area is 125 Å². The van der Waals surface area contributed by atoms with Gasteiger partial charge in [-0.3, -0.25) is 4.79 Å². The van der Waals surface area contributed by atoms with Gasteiger partial charge in [0.05, 0.1) is 5.41 Å². The van der Waals surface area contributed by atoms with Crippen molar-refractivity contribution >= 4 is 5.78 Å². The van der Waals surface area contributed by atoms with Crippen molar-refractivity contribution in [2.45, 2.75) is 37.5 Å². The molecule has 2 nitrogen and oxygen atoms in total. The first-order valence-corrected chi connectivity index (χ1v) is 7.57. The molecule has 1 saturated carbocycles. The molecule has 1 N–H and O–H groups in total. The zero-order valence-corrected chi connectivity index (χ0v) is 12.1. The number of benzene rings is 2. The normalized spacial score (nSPS) is 16.8. The Hall–Kier alpha value is -2.09. The van der Waals surface area contributed by atoms with Gasteiger partial charge in [0.1, 0.15) is 11.5 Å². The molecule has 108 valence electrons. The zero-order chi connectivity index (χ0) is 14.7. The molecular formula is C19H20O2. The molecule has 0 amide bonds. The van der Waals surface area contributed by atoms with E-state index in [1.807, 2.05) is 24.3 Å². The Morgan fingerprint density at radius 1 is 1.00 bits per heavy atom. The van der Waals surface area contributed by atoms with Gasteiger partial charge in [0.25, 0.3) is 0 Å². The Bertz CT molecular complexity index is 625. The zero-order valence-electron chi connectivity index (χ0n) is 12.1. The van der Waals surface area contributed by atoms with Crippen molar-refractivity contribution in [1.82, 2.24) is 0 Å². The fourth-order valence-electron chi connectivity index (χ4n) is 3.49. The SMILES string of the molecule is O=C(Cc1cccc(O)c1)C1(c2ccccc2)CCCC1. The summed E-state index contributed by atoms with van der Waals surface area (Å²) in [5.41, 5.74) is 1.71. The quantitative estimate of drug-likeness (QED) is 0.918. The lowest BCUT2D eigenvalue weighted by Crippen LogP contribution is -2.34. The minimum Gasteiger partial charge on any atom is -0.508 e. The summed E-state index contributed by atoms with van der Waals surface area (Å²) in [6.07, 6.45) is 4.49. The van der Waals surface area contributed by atoms with Crippen molar-refractivity contribution in [3.05, 3.63) is 65.7 Å². The molecule has 0 radical (unpaired) electrons. The van der Waals surface area contributed by atoms with E-state index in [0.717, 1.165) is 36.8 Å². The Morgan fingerprint density at radius 2 is 1.71 bits per heavy atom. The molecule has 0 heterocycles. The molecule has 0 saturated heterocycles. The van der Waals surface area contributed by atoms with Crippen molar-refractivity contribution in [3.63, 3.8) is 0 Å². The second-order valence-electron chi connectivity index (χ2n) is 5.93. The van der Waals surface area contributed by atoms with Crippen molar-refractivity contribution < 1.29 is 9.90 Å². The number of carbonyl (C=O) groups is 1. The lowest BCUT2D eigenvalue weighted by molar-refractivity contribution is -0.123. The molecule has 0 bridgehead atoms. The Morgan fingerprint density at radius 3 is 2.38 bits per heavy atom. The third-order valence-corrected chi connectivity index (χ3v) is 4.59. The van der Waals surface area contributed by atoms with Crippen molar-refractivity contribution in [3.8, 4) is 5.75 Å². The largest absolute Gasteiger partial charge is 0.508 e. The van der Waals surface area contributed by atoms with Gasteiger partial charge in [-0.15, -0.1) is 0 Å². The average Bonchev–Trinajstić information content (AvgIpc) is 2.99.